The van der Waals surface area contributed by atoms with E-state index in [9.17, 15) is 4.79 Å². The van der Waals surface area contributed by atoms with E-state index in [1.807, 2.05) is 18.3 Å². The summed E-state index contributed by atoms with van der Waals surface area (Å²) in [5.41, 5.74) is 2.44. The Hall–Kier alpha value is -2.14. The Kier molecular flexibility index (Phi) is 5.08. The first-order chi connectivity index (χ1) is 11.2. The maximum atomic E-state index is 11.1. The highest BCUT2D eigenvalue weighted by molar-refractivity contribution is 5.20. The van der Waals surface area contributed by atoms with Crippen LogP contribution in [0.3, 0.4) is 0 Å². The molecule has 0 radical (unpaired) electrons. The van der Waals surface area contributed by atoms with Crippen molar-refractivity contribution in [3.8, 4) is 5.88 Å². The quantitative estimate of drug-likeness (QED) is 0.919. The minimum atomic E-state index is -0.0312. The Balaban J connectivity index is 1.50. The first kappa shape index (κ1) is 15.7. The zero-order valence-electron chi connectivity index (χ0n) is 13.5. The summed E-state index contributed by atoms with van der Waals surface area (Å²) in [6.07, 6.45) is 7.09. The second kappa shape index (κ2) is 7.42. The molecular weight excluding hydrogens is 290 g/mol. The van der Waals surface area contributed by atoms with Crippen LogP contribution in [0.25, 0.3) is 0 Å². The molecule has 2 aromatic heterocycles. The average Bonchev–Trinajstić information content (AvgIpc) is 2.59. The molecule has 0 saturated carbocycles. The lowest BCUT2D eigenvalue weighted by molar-refractivity contribution is 0.177. The third-order valence-electron chi connectivity index (χ3n) is 4.49. The predicted octanol–water partition coefficient (Wildman–Crippen LogP) is 2.23. The Morgan fingerprint density at radius 3 is 2.78 bits per heavy atom. The molecular formula is C18H23N3O2. The van der Waals surface area contributed by atoms with Crippen LogP contribution < -0.4 is 10.3 Å². The Morgan fingerprint density at radius 2 is 2.09 bits per heavy atom. The zero-order chi connectivity index (χ0) is 16.1. The number of hydrogen-bond donors (Lipinski definition) is 1. The molecule has 0 aliphatic carbocycles. The standard InChI is InChI=1S/C18H23N3O2/c1-23-18-11-16(4-7-19-18)13-21-8-5-14(6-9-21)10-15-2-3-17(22)20-12-15/h2-4,7,11-12,14H,5-6,8-10,13H2,1H3,(H,20,22). The third kappa shape index (κ3) is 4.42. The van der Waals surface area contributed by atoms with E-state index in [2.05, 4.69) is 20.9 Å². The van der Waals surface area contributed by atoms with Crippen LogP contribution in [0.4, 0.5) is 0 Å². The van der Waals surface area contributed by atoms with Gasteiger partial charge in [0.2, 0.25) is 11.4 Å². The van der Waals surface area contributed by atoms with Crippen LogP contribution >= 0.6 is 0 Å². The summed E-state index contributed by atoms with van der Waals surface area (Å²) in [7, 11) is 1.65. The van der Waals surface area contributed by atoms with Crippen LogP contribution in [0.1, 0.15) is 24.0 Å². The van der Waals surface area contributed by atoms with Crippen molar-refractivity contribution in [1.82, 2.24) is 14.9 Å². The smallest absolute Gasteiger partial charge is 0.247 e. The second-order valence-electron chi connectivity index (χ2n) is 6.19. The van der Waals surface area contributed by atoms with Gasteiger partial charge in [-0.1, -0.05) is 6.07 Å². The number of pyridine rings is 2. The van der Waals surface area contributed by atoms with Crippen LogP contribution in [0.5, 0.6) is 5.88 Å². The fourth-order valence-corrected chi connectivity index (χ4v) is 3.17. The molecule has 0 amide bonds. The number of hydrogen-bond acceptors (Lipinski definition) is 4. The first-order valence-electron chi connectivity index (χ1n) is 8.12. The summed E-state index contributed by atoms with van der Waals surface area (Å²) >= 11 is 0. The van der Waals surface area contributed by atoms with Gasteiger partial charge >= 0.3 is 0 Å². The van der Waals surface area contributed by atoms with Gasteiger partial charge in [0.05, 0.1) is 7.11 Å². The lowest BCUT2D eigenvalue weighted by Gasteiger charge is -2.32. The number of ether oxygens (including phenoxy) is 1. The largest absolute Gasteiger partial charge is 0.481 e. The van der Waals surface area contributed by atoms with Gasteiger partial charge in [-0.3, -0.25) is 9.69 Å². The third-order valence-corrected chi connectivity index (χ3v) is 4.49. The maximum Gasteiger partial charge on any atom is 0.247 e. The van der Waals surface area contributed by atoms with Crippen LogP contribution in [0.2, 0.25) is 0 Å². The van der Waals surface area contributed by atoms with E-state index >= 15 is 0 Å². The van der Waals surface area contributed by atoms with Crippen molar-refractivity contribution in [2.45, 2.75) is 25.8 Å². The highest BCUT2D eigenvalue weighted by Crippen LogP contribution is 2.22. The van der Waals surface area contributed by atoms with Crippen molar-refractivity contribution < 1.29 is 4.74 Å². The fraction of sp³-hybridized carbons (Fsp3) is 0.444. The van der Waals surface area contributed by atoms with E-state index in [0.29, 0.717) is 11.8 Å². The van der Waals surface area contributed by atoms with E-state index in [1.165, 1.54) is 24.0 Å². The van der Waals surface area contributed by atoms with Gasteiger partial charge in [-0.25, -0.2) is 4.98 Å². The van der Waals surface area contributed by atoms with Gasteiger partial charge in [0, 0.05) is 31.1 Å². The summed E-state index contributed by atoms with van der Waals surface area (Å²) in [4.78, 5) is 20.5. The Labute approximate surface area is 136 Å². The molecule has 5 nitrogen and oxygen atoms in total. The summed E-state index contributed by atoms with van der Waals surface area (Å²) in [6, 6.07) is 7.61. The molecule has 2 aromatic rings. The average molecular weight is 313 g/mol. The molecule has 3 heterocycles. The van der Waals surface area contributed by atoms with E-state index < -0.39 is 0 Å². The van der Waals surface area contributed by atoms with Gasteiger partial charge in [-0.2, -0.15) is 0 Å². The van der Waals surface area contributed by atoms with Gasteiger partial charge in [-0.05, 0) is 55.5 Å². The molecule has 0 spiro atoms. The number of nitrogens with one attached hydrogen (secondary N) is 1. The van der Waals surface area contributed by atoms with Gasteiger partial charge in [0.1, 0.15) is 0 Å². The van der Waals surface area contributed by atoms with Crippen LogP contribution in [-0.4, -0.2) is 35.1 Å². The second-order valence-corrected chi connectivity index (χ2v) is 6.19. The molecule has 0 aromatic carbocycles. The minimum absolute atomic E-state index is 0.0312. The Morgan fingerprint density at radius 1 is 1.26 bits per heavy atom. The number of methoxy groups -OCH3 is 1. The molecule has 1 aliphatic rings. The molecule has 0 unspecified atom stereocenters. The number of rotatable bonds is 5. The summed E-state index contributed by atoms with van der Waals surface area (Å²) in [6.45, 7) is 3.17. The van der Waals surface area contributed by atoms with E-state index in [4.69, 9.17) is 4.74 Å². The predicted molar refractivity (Wildman–Crippen MR) is 89.6 cm³/mol. The Bertz CT molecular complexity index is 670. The van der Waals surface area contributed by atoms with Crippen molar-refractivity contribution in [2.75, 3.05) is 20.2 Å². The van der Waals surface area contributed by atoms with E-state index in [-0.39, 0.29) is 5.56 Å². The van der Waals surface area contributed by atoms with Crippen LogP contribution in [0.15, 0.2) is 41.5 Å². The maximum absolute atomic E-state index is 11.1. The molecule has 122 valence electrons. The zero-order valence-corrected chi connectivity index (χ0v) is 13.5. The number of nitrogens with zero attached hydrogens (tertiary/aromatic N) is 2. The van der Waals surface area contributed by atoms with Crippen molar-refractivity contribution in [3.63, 3.8) is 0 Å². The lowest BCUT2D eigenvalue weighted by atomic mass is 9.90. The van der Waals surface area contributed by atoms with E-state index in [0.717, 1.165) is 26.1 Å². The molecule has 5 heteroatoms. The van der Waals surface area contributed by atoms with Crippen molar-refractivity contribution in [1.29, 1.82) is 0 Å². The van der Waals surface area contributed by atoms with Crippen LogP contribution in [0, 0.1) is 5.92 Å². The van der Waals surface area contributed by atoms with Gasteiger partial charge in [0.15, 0.2) is 0 Å². The monoisotopic (exact) mass is 313 g/mol. The first-order valence-corrected chi connectivity index (χ1v) is 8.12. The van der Waals surface area contributed by atoms with E-state index in [1.54, 1.807) is 19.4 Å². The highest BCUT2D eigenvalue weighted by atomic mass is 16.5. The van der Waals surface area contributed by atoms with Crippen LogP contribution in [-0.2, 0) is 13.0 Å². The normalized spacial score (nSPS) is 16.4. The molecule has 1 saturated heterocycles. The van der Waals surface area contributed by atoms with Crippen molar-refractivity contribution >= 4 is 0 Å². The van der Waals surface area contributed by atoms with Crippen molar-refractivity contribution in [3.05, 3.63) is 58.1 Å². The summed E-state index contributed by atoms with van der Waals surface area (Å²) in [5, 5.41) is 0. The molecule has 1 fully saturated rings. The van der Waals surface area contributed by atoms with Gasteiger partial charge < -0.3 is 9.72 Å². The van der Waals surface area contributed by atoms with Gasteiger partial charge in [0.25, 0.3) is 0 Å². The van der Waals surface area contributed by atoms with Crippen molar-refractivity contribution in [2.24, 2.45) is 5.92 Å². The summed E-state index contributed by atoms with van der Waals surface area (Å²) < 4.78 is 5.18. The fourth-order valence-electron chi connectivity index (χ4n) is 3.17. The molecule has 23 heavy (non-hydrogen) atoms. The number of H-pyrrole nitrogens is 1. The molecule has 0 bridgehead atoms. The summed E-state index contributed by atoms with van der Waals surface area (Å²) in [5.74, 6) is 1.37. The molecule has 1 aliphatic heterocycles. The molecule has 1 N–H and O–H groups in total. The minimum Gasteiger partial charge on any atom is -0.481 e. The lowest BCUT2D eigenvalue weighted by Crippen LogP contribution is -2.33. The molecule has 0 atom stereocenters. The number of likely N-dealkylation sites (tertiary alicyclic amines) is 1. The number of aromatic nitrogens is 2. The number of aromatic amines is 1. The molecule has 3 rings (SSSR count). The topological polar surface area (TPSA) is 58.2 Å². The van der Waals surface area contributed by atoms with Gasteiger partial charge in [-0.15, -0.1) is 0 Å². The SMILES string of the molecule is COc1cc(CN2CCC(Cc3ccc(=O)[nH]c3)CC2)ccn1. The highest BCUT2D eigenvalue weighted by Gasteiger charge is 2.19. The number of piperidine rings is 1.